The van der Waals surface area contributed by atoms with Crippen LogP contribution in [0, 0.1) is 11.3 Å². The Morgan fingerprint density at radius 1 is 1.08 bits per heavy atom. The number of rotatable bonds is 4. The first-order valence-electron chi connectivity index (χ1n) is 7.63. The number of carbonyl (C=O) groups is 1. The fourth-order valence-corrected chi connectivity index (χ4v) is 3.93. The molecule has 25 heavy (non-hydrogen) atoms. The van der Waals surface area contributed by atoms with Crippen LogP contribution in [0.25, 0.3) is 0 Å². The van der Waals surface area contributed by atoms with E-state index >= 15 is 0 Å². The zero-order valence-corrected chi connectivity index (χ0v) is 15.5. The largest absolute Gasteiger partial charge is 0.320 e. The molecule has 1 atom stereocenters. The van der Waals surface area contributed by atoms with E-state index in [4.69, 9.17) is 23.2 Å². The van der Waals surface area contributed by atoms with E-state index in [1.165, 1.54) is 11.8 Å². The maximum atomic E-state index is 12.1. The third kappa shape index (κ3) is 4.38. The van der Waals surface area contributed by atoms with E-state index in [0.717, 1.165) is 11.1 Å². The zero-order chi connectivity index (χ0) is 17.8. The molecular formula is C19H14Cl2N2OS. The predicted octanol–water partition coefficient (Wildman–Crippen LogP) is 5.27. The SMILES string of the molecule is N#CC1=C(SCc2ccc(Cl)cc2)NC(=O)C[C@@H]1c1ccc(Cl)cc1. The van der Waals surface area contributed by atoms with Gasteiger partial charge in [0.1, 0.15) is 0 Å². The summed E-state index contributed by atoms with van der Waals surface area (Å²) in [5, 5.41) is 14.4. The van der Waals surface area contributed by atoms with Gasteiger partial charge >= 0.3 is 0 Å². The van der Waals surface area contributed by atoms with Gasteiger partial charge in [-0.1, -0.05) is 47.5 Å². The smallest absolute Gasteiger partial charge is 0.225 e. The number of carbonyl (C=O) groups excluding carboxylic acids is 1. The molecule has 0 radical (unpaired) electrons. The molecule has 1 amide bonds. The molecule has 0 aromatic heterocycles. The number of allylic oxidation sites excluding steroid dienone is 1. The van der Waals surface area contributed by atoms with E-state index in [0.29, 0.717) is 26.4 Å². The maximum Gasteiger partial charge on any atom is 0.225 e. The van der Waals surface area contributed by atoms with Crippen molar-refractivity contribution in [3.8, 4) is 6.07 Å². The number of benzene rings is 2. The van der Waals surface area contributed by atoms with E-state index in [9.17, 15) is 10.1 Å². The van der Waals surface area contributed by atoms with Crippen molar-refractivity contribution in [2.24, 2.45) is 0 Å². The first-order chi connectivity index (χ1) is 12.1. The average Bonchev–Trinajstić information content (AvgIpc) is 2.61. The second-order valence-electron chi connectivity index (χ2n) is 5.63. The van der Waals surface area contributed by atoms with Crippen LogP contribution in [0.4, 0.5) is 0 Å². The number of hydrogen-bond donors (Lipinski definition) is 1. The van der Waals surface area contributed by atoms with Gasteiger partial charge in [-0.05, 0) is 35.4 Å². The standard InChI is InChI=1S/C19H14Cl2N2OS/c20-14-5-1-12(2-6-14)11-25-19-17(10-22)16(9-18(24)23-19)13-3-7-15(21)8-4-13/h1-8,16H,9,11H2,(H,23,24)/t16-/m1/s1. The third-order valence-corrected chi connectivity index (χ3v) is 5.52. The lowest BCUT2D eigenvalue weighted by Gasteiger charge is -2.25. The summed E-state index contributed by atoms with van der Waals surface area (Å²) in [6, 6.07) is 17.1. The number of amides is 1. The Bertz CT molecular complexity index is 854. The van der Waals surface area contributed by atoms with Crippen molar-refractivity contribution in [1.29, 1.82) is 5.26 Å². The van der Waals surface area contributed by atoms with Crippen molar-refractivity contribution in [3.05, 3.63) is 80.3 Å². The molecule has 126 valence electrons. The minimum absolute atomic E-state index is 0.0856. The molecule has 1 aliphatic heterocycles. The minimum Gasteiger partial charge on any atom is -0.320 e. The number of nitriles is 1. The summed E-state index contributed by atoms with van der Waals surface area (Å²) < 4.78 is 0. The summed E-state index contributed by atoms with van der Waals surface area (Å²) in [5.41, 5.74) is 2.57. The highest BCUT2D eigenvalue weighted by Gasteiger charge is 2.29. The first-order valence-corrected chi connectivity index (χ1v) is 9.38. The summed E-state index contributed by atoms with van der Waals surface area (Å²) in [5.74, 6) is 0.312. The lowest BCUT2D eigenvalue weighted by Crippen LogP contribution is -2.30. The average molecular weight is 389 g/mol. The molecule has 0 bridgehead atoms. The van der Waals surface area contributed by atoms with Crippen LogP contribution < -0.4 is 5.32 Å². The molecule has 0 unspecified atom stereocenters. The molecule has 0 saturated heterocycles. The molecule has 3 nitrogen and oxygen atoms in total. The Kier molecular flexibility index (Phi) is 5.70. The molecule has 0 saturated carbocycles. The molecule has 2 aromatic carbocycles. The second-order valence-corrected chi connectivity index (χ2v) is 7.48. The van der Waals surface area contributed by atoms with Crippen LogP contribution in [0.15, 0.2) is 59.1 Å². The van der Waals surface area contributed by atoms with E-state index in [1.807, 2.05) is 36.4 Å². The molecule has 1 N–H and O–H groups in total. The van der Waals surface area contributed by atoms with Crippen molar-refractivity contribution in [2.45, 2.75) is 18.1 Å². The predicted molar refractivity (Wildman–Crippen MR) is 102 cm³/mol. The molecule has 0 aliphatic carbocycles. The summed E-state index contributed by atoms with van der Waals surface area (Å²) >= 11 is 13.3. The van der Waals surface area contributed by atoms with E-state index < -0.39 is 0 Å². The van der Waals surface area contributed by atoms with Gasteiger partial charge in [0.05, 0.1) is 16.7 Å². The number of thioether (sulfide) groups is 1. The Morgan fingerprint density at radius 3 is 2.28 bits per heavy atom. The third-order valence-electron chi connectivity index (χ3n) is 3.92. The van der Waals surface area contributed by atoms with Crippen LogP contribution in [0.3, 0.4) is 0 Å². The Morgan fingerprint density at radius 2 is 1.68 bits per heavy atom. The quantitative estimate of drug-likeness (QED) is 0.776. The Labute approximate surface area is 160 Å². The highest BCUT2D eigenvalue weighted by atomic mass is 35.5. The maximum absolute atomic E-state index is 12.1. The van der Waals surface area contributed by atoms with Crippen LogP contribution in [-0.4, -0.2) is 5.91 Å². The van der Waals surface area contributed by atoms with Gasteiger partial charge in [0, 0.05) is 28.1 Å². The minimum atomic E-state index is -0.247. The fourth-order valence-electron chi connectivity index (χ4n) is 2.65. The lowest BCUT2D eigenvalue weighted by molar-refractivity contribution is -0.120. The van der Waals surface area contributed by atoms with Crippen LogP contribution in [0.2, 0.25) is 10.0 Å². The van der Waals surface area contributed by atoms with Crippen LogP contribution in [-0.2, 0) is 10.5 Å². The Hall–Kier alpha value is -1.93. The van der Waals surface area contributed by atoms with Crippen molar-refractivity contribution in [1.82, 2.24) is 5.32 Å². The zero-order valence-electron chi connectivity index (χ0n) is 13.1. The number of nitrogens with one attached hydrogen (secondary N) is 1. The molecule has 0 spiro atoms. The topological polar surface area (TPSA) is 52.9 Å². The summed E-state index contributed by atoms with van der Waals surface area (Å²) in [6.45, 7) is 0. The van der Waals surface area contributed by atoms with Crippen molar-refractivity contribution in [3.63, 3.8) is 0 Å². The summed E-state index contributed by atoms with van der Waals surface area (Å²) in [7, 11) is 0. The van der Waals surface area contributed by atoms with E-state index in [2.05, 4.69) is 11.4 Å². The molecule has 1 heterocycles. The number of nitrogens with zero attached hydrogens (tertiary/aromatic N) is 1. The van der Waals surface area contributed by atoms with Crippen LogP contribution in [0.5, 0.6) is 0 Å². The second kappa shape index (κ2) is 7.97. The van der Waals surface area contributed by atoms with Crippen molar-refractivity contribution < 1.29 is 4.79 Å². The van der Waals surface area contributed by atoms with Gasteiger partial charge in [0.15, 0.2) is 0 Å². The lowest BCUT2D eigenvalue weighted by atomic mass is 9.87. The van der Waals surface area contributed by atoms with E-state index in [1.54, 1.807) is 12.1 Å². The first kappa shape index (κ1) is 17.9. The van der Waals surface area contributed by atoms with Crippen molar-refractivity contribution in [2.75, 3.05) is 0 Å². The molecule has 0 fully saturated rings. The summed E-state index contributed by atoms with van der Waals surface area (Å²) in [4.78, 5) is 12.1. The van der Waals surface area contributed by atoms with Crippen molar-refractivity contribution >= 4 is 40.9 Å². The Balaban J connectivity index is 1.86. The van der Waals surface area contributed by atoms with Gasteiger partial charge in [-0.25, -0.2) is 0 Å². The summed E-state index contributed by atoms with van der Waals surface area (Å²) in [6.07, 6.45) is 0.259. The highest BCUT2D eigenvalue weighted by molar-refractivity contribution is 8.02. The fraction of sp³-hybridized carbons (Fsp3) is 0.158. The van der Waals surface area contributed by atoms with Gasteiger partial charge in [-0.15, -0.1) is 11.8 Å². The number of hydrogen-bond acceptors (Lipinski definition) is 3. The molecule has 3 rings (SSSR count). The molecule has 2 aromatic rings. The normalized spacial score (nSPS) is 17.2. The van der Waals surface area contributed by atoms with Crippen LogP contribution in [0.1, 0.15) is 23.5 Å². The monoisotopic (exact) mass is 388 g/mol. The van der Waals surface area contributed by atoms with E-state index in [-0.39, 0.29) is 18.2 Å². The number of halogens is 2. The van der Waals surface area contributed by atoms with Gasteiger partial charge in [-0.2, -0.15) is 5.26 Å². The van der Waals surface area contributed by atoms with Gasteiger partial charge in [-0.3, -0.25) is 4.79 Å². The molecule has 1 aliphatic rings. The highest BCUT2D eigenvalue weighted by Crippen LogP contribution is 2.37. The molecule has 6 heteroatoms. The van der Waals surface area contributed by atoms with Gasteiger partial charge in [0.25, 0.3) is 0 Å². The van der Waals surface area contributed by atoms with Gasteiger partial charge < -0.3 is 5.32 Å². The van der Waals surface area contributed by atoms with Crippen LogP contribution >= 0.6 is 35.0 Å². The van der Waals surface area contributed by atoms with Gasteiger partial charge in [0.2, 0.25) is 5.91 Å². The molecular weight excluding hydrogens is 375 g/mol.